The second-order valence-corrected chi connectivity index (χ2v) is 5.29. The topological polar surface area (TPSA) is 41.6 Å². The van der Waals surface area contributed by atoms with Crippen molar-refractivity contribution in [2.45, 2.75) is 39.1 Å². The van der Waals surface area contributed by atoms with Gasteiger partial charge in [0.2, 0.25) is 5.91 Å². The van der Waals surface area contributed by atoms with E-state index in [0.717, 1.165) is 5.56 Å². The summed E-state index contributed by atoms with van der Waals surface area (Å²) in [6.45, 7) is 6.78. The van der Waals surface area contributed by atoms with Crippen LogP contribution in [0.15, 0.2) is 24.3 Å². The molecular formula is C15H21FN2O2. The van der Waals surface area contributed by atoms with Gasteiger partial charge in [0.25, 0.3) is 0 Å². The smallest absolute Gasteiger partial charge is 0.241 e. The summed E-state index contributed by atoms with van der Waals surface area (Å²) in [7, 11) is 0. The lowest BCUT2D eigenvalue weighted by molar-refractivity contribution is -0.130. The van der Waals surface area contributed by atoms with Crippen LogP contribution in [0.25, 0.3) is 0 Å². The van der Waals surface area contributed by atoms with Crippen molar-refractivity contribution in [3.05, 3.63) is 35.6 Å². The van der Waals surface area contributed by atoms with E-state index in [-0.39, 0.29) is 30.0 Å². The fourth-order valence-electron chi connectivity index (χ4n) is 2.32. The van der Waals surface area contributed by atoms with Gasteiger partial charge in [-0.2, -0.15) is 0 Å². The zero-order valence-corrected chi connectivity index (χ0v) is 12.1. The Balaban J connectivity index is 2.09. The first kappa shape index (κ1) is 14.9. The van der Waals surface area contributed by atoms with Crippen LogP contribution in [0.2, 0.25) is 0 Å². The highest BCUT2D eigenvalue weighted by molar-refractivity contribution is 5.84. The summed E-state index contributed by atoms with van der Waals surface area (Å²) in [5, 5.41) is 3.23. The minimum Gasteiger partial charge on any atom is -0.377 e. The fourth-order valence-corrected chi connectivity index (χ4v) is 2.32. The molecule has 2 rings (SSSR count). The van der Waals surface area contributed by atoms with Gasteiger partial charge < -0.3 is 9.64 Å². The van der Waals surface area contributed by atoms with Gasteiger partial charge in [-0.1, -0.05) is 12.1 Å². The zero-order chi connectivity index (χ0) is 14.7. The van der Waals surface area contributed by atoms with Gasteiger partial charge in [-0.15, -0.1) is 0 Å². The van der Waals surface area contributed by atoms with Crippen molar-refractivity contribution in [1.82, 2.24) is 10.2 Å². The lowest BCUT2D eigenvalue weighted by Crippen LogP contribution is -2.34. The Morgan fingerprint density at radius 2 is 2.00 bits per heavy atom. The van der Waals surface area contributed by atoms with Crippen molar-refractivity contribution in [3.8, 4) is 0 Å². The van der Waals surface area contributed by atoms with E-state index in [1.54, 1.807) is 17.0 Å². The van der Waals surface area contributed by atoms with Crippen molar-refractivity contribution in [2.75, 3.05) is 13.2 Å². The molecule has 1 aromatic carbocycles. The summed E-state index contributed by atoms with van der Waals surface area (Å²) in [4.78, 5) is 13.9. The van der Waals surface area contributed by atoms with E-state index in [9.17, 15) is 9.18 Å². The maximum Gasteiger partial charge on any atom is 0.241 e. The van der Waals surface area contributed by atoms with Gasteiger partial charge in [0, 0.05) is 6.54 Å². The summed E-state index contributed by atoms with van der Waals surface area (Å²) in [5.41, 5.74) is 0.883. The number of rotatable bonds is 5. The number of ether oxygens (including phenoxy) is 1. The predicted molar refractivity (Wildman–Crippen MR) is 74.5 cm³/mol. The van der Waals surface area contributed by atoms with Crippen molar-refractivity contribution in [2.24, 2.45) is 0 Å². The number of benzene rings is 1. The number of nitrogens with zero attached hydrogens (tertiary/aromatic N) is 1. The monoisotopic (exact) mass is 280 g/mol. The van der Waals surface area contributed by atoms with Gasteiger partial charge in [0.15, 0.2) is 0 Å². The number of halogens is 1. The van der Waals surface area contributed by atoms with Gasteiger partial charge >= 0.3 is 0 Å². The van der Waals surface area contributed by atoms with Gasteiger partial charge in [-0.3, -0.25) is 10.1 Å². The van der Waals surface area contributed by atoms with E-state index in [4.69, 9.17) is 4.74 Å². The molecule has 0 aliphatic carbocycles. The predicted octanol–water partition coefficient (Wildman–Crippen LogP) is 2.07. The zero-order valence-electron chi connectivity index (χ0n) is 12.1. The maximum atomic E-state index is 13.0. The van der Waals surface area contributed by atoms with Crippen molar-refractivity contribution < 1.29 is 13.9 Å². The molecule has 5 heteroatoms. The third kappa shape index (κ3) is 3.35. The quantitative estimate of drug-likeness (QED) is 0.897. The molecule has 1 fully saturated rings. The van der Waals surface area contributed by atoms with Crippen LogP contribution in [0.5, 0.6) is 0 Å². The van der Waals surface area contributed by atoms with E-state index >= 15 is 0 Å². The number of hydrogen-bond acceptors (Lipinski definition) is 3. The molecule has 4 nitrogen and oxygen atoms in total. The molecule has 1 aliphatic heterocycles. The lowest BCUT2D eigenvalue weighted by atomic mass is 10.1. The van der Waals surface area contributed by atoms with Crippen LogP contribution in [0.4, 0.5) is 4.39 Å². The lowest BCUT2D eigenvalue weighted by Gasteiger charge is -2.25. The SMILES string of the molecule is CC(C)OCCN1C(=O)C(C)NC1c1ccc(F)cc1. The molecule has 1 amide bonds. The molecule has 110 valence electrons. The van der Waals surface area contributed by atoms with E-state index in [0.29, 0.717) is 13.2 Å². The molecule has 0 radical (unpaired) electrons. The minimum atomic E-state index is -0.277. The molecule has 20 heavy (non-hydrogen) atoms. The Morgan fingerprint density at radius 3 is 2.60 bits per heavy atom. The van der Waals surface area contributed by atoms with Crippen LogP contribution >= 0.6 is 0 Å². The third-order valence-electron chi connectivity index (χ3n) is 3.34. The first-order chi connectivity index (χ1) is 9.49. The van der Waals surface area contributed by atoms with Gasteiger partial charge in [-0.05, 0) is 38.5 Å². The maximum absolute atomic E-state index is 13.0. The van der Waals surface area contributed by atoms with Gasteiger partial charge in [0.1, 0.15) is 12.0 Å². The van der Waals surface area contributed by atoms with E-state index in [1.807, 2.05) is 20.8 Å². The van der Waals surface area contributed by atoms with Crippen LogP contribution in [-0.4, -0.2) is 36.1 Å². The van der Waals surface area contributed by atoms with Crippen LogP contribution in [0, 0.1) is 5.82 Å². The van der Waals surface area contributed by atoms with E-state index < -0.39 is 0 Å². The molecule has 1 aliphatic rings. The Labute approximate surface area is 118 Å². The average Bonchev–Trinajstić information content (AvgIpc) is 2.67. The molecule has 2 atom stereocenters. The van der Waals surface area contributed by atoms with Crippen LogP contribution < -0.4 is 5.32 Å². The first-order valence-electron chi connectivity index (χ1n) is 6.92. The third-order valence-corrected chi connectivity index (χ3v) is 3.34. The molecule has 0 bridgehead atoms. The van der Waals surface area contributed by atoms with Crippen molar-refractivity contribution >= 4 is 5.91 Å². The Kier molecular flexibility index (Phi) is 4.73. The molecule has 1 aromatic rings. The normalized spacial score (nSPS) is 22.9. The number of carbonyl (C=O) groups excluding carboxylic acids is 1. The van der Waals surface area contributed by atoms with Crippen LogP contribution in [0.1, 0.15) is 32.5 Å². The molecule has 1 saturated heterocycles. The summed E-state index contributed by atoms with van der Waals surface area (Å²) in [5.74, 6) is -0.229. The highest BCUT2D eigenvalue weighted by Crippen LogP contribution is 2.25. The summed E-state index contributed by atoms with van der Waals surface area (Å²) >= 11 is 0. The summed E-state index contributed by atoms with van der Waals surface area (Å²) in [6.07, 6.45) is -0.0729. The van der Waals surface area contributed by atoms with E-state index in [1.165, 1.54) is 12.1 Å². The number of hydrogen-bond donors (Lipinski definition) is 1. The molecule has 1 heterocycles. The second kappa shape index (κ2) is 6.33. The fraction of sp³-hybridized carbons (Fsp3) is 0.533. The Bertz CT molecular complexity index is 461. The van der Waals surface area contributed by atoms with Crippen molar-refractivity contribution in [3.63, 3.8) is 0 Å². The second-order valence-electron chi connectivity index (χ2n) is 5.29. The molecule has 0 spiro atoms. The van der Waals surface area contributed by atoms with Crippen LogP contribution in [0.3, 0.4) is 0 Å². The van der Waals surface area contributed by atoms with Crippen LogP contribution in [-0.2, 0) is 9.53 Å². The highest BCUT2D eigenvalue weighted by atomic mass is 19.1. The average molecular weight is 280 g/mol. The van der Waals surface area contributed by atoms with Gasteiger partial charge in [-0.25, -0.2) is 4.39 Å². The Morgan fingerprint density at radius 1 is 1.35 bits per heavy atom. The highest BCUT2D eigenvalue weighted by Gasteiger charge is 2.36. The molecule has 0 aromatic heterocycles. The van der Waals surface area contributed by atoms with Gasteiger partial charge in [0.05, 0.1) is 18.8 Å². The van der Waals surface area contributed by atoms with Crippen molar-refractivity contribution in [1.29, 1.82) is 0 Å². The molecule has 2 unspecified atom stereocenters. The number of carbonyl (C=O) groups is 1. The summed E-state index contributed by atoms with van der Waals surface area (Å²) in [6, 6.07) is 5.99. The first-order valence-corrected chi connectivity index (χ1v) is 6.92. The minimum absolute atomic E-state index is 0.0479. The largest absolute Gasteiger partial charge is 0.377 e. The molecule has 0 saturated carbocycles. The standard InChI is InChI=1S/C15H21FN2O2/c1-10(2)20-9-8-18-14(17-11(3)15(18)19)12-4-6-13(16)7-5-12/h4-7,10-11,14,17H,8-9H2,1-3H3. The number of nitrogens with one attached hydrogen (secondary N) is 1. The molecule has 1 N–H and O–H groups in total. The summed E-state index contributed by atoms with van der Waals surface area (Å²) < 4.78 is 18.5. The Hall–Kier alpha value is -1.46. The molecular weight excluding hydrogens is 259 g/mol. The van der Waals surface area contributed by atoms with E-state index in [2.05, 4.69) is 5.32 Å². The number of amides is 1.